The van der Waals surface area contributed by atoms with Gasteiger partial charge in [-0.05, 0) is 37.1 Å². The summed E-state index contributed by atoms with van der Waals surface area (Å²) in [6, 6.07) is 3.79. The van der Waals surface area contributed by atoms with Crippen LogP contribution >= 0.6 is 0 Å². The number of halogens is 1. The fourth-order valence-electron chi connectivity index (χ4n) is 1.47. The quantitative estimate of drug-likeness (QED) is 0.811. The number of nitrogens with one attached hydrogen (secondary N) is 1. The normalized spacial score (nSPS) is 11.1. The van der Waals surface area contributed by atoms with Crippen LogP contribution in [0.25, 0.3) is 0 Å². The minimum Gasteiger partial charge on any atom is -0.469 e. The zero-order chi connectivity index (χ0) is 14.5. The maximum Gasteiger partial charge on any atom is 0.305 e. The first kappa shape index (κ1) is 15.4. The molecule has 0 fully saturated rings. The molecule has 0 saturated carbocycles. The zero-order valence-electron chi connectivity index (χ0n) is 10.8. The molecule has 0 radical (unpaired) electrons. The van der Waals surface area contributed by atoms with Crippen LogP contribution in [0.2, 0.25) is 0 Å². The number of methoxy groups -OCH3 is 1. The Hall–Kier alpha value is -1.63. The maximum absolute atomic E-state index is 12.9. The molecule has 7 heteroatoms. The molecule has 1 rings (SSSR count). The van der Waals surface area contributed by atoms with E-state index in [1.165, 1.54) is 25.3 Å². The van der Waals surface area contributed by atoms with Crippen molar-refractivity contribution in [3.8, 4) is 0 Å². The van der Waals surface area contributed by atoms with E-state index in [0.717, 1.165) is 0 Å². The van der Waals surface area contributed by atoms with Gasteiger partial charge in [0, 0.05) is 6.42 Å². The van der Waals surface area contributed by atoms with Crippen molar-refractivity contribution in [2.75, 3.05) is 17.6 Å². The highest BCUT2D eigenvalue weighted by molar-refractivity contribution is 7.92. The molecule has 0 amide bonds. The van der Waals surface area contributed by atoms with Crippen molar-refractivity contribution >= 4 is 21.7 Å². The Bertz CT molecular complexity index is 557. The number of carbonyl (C=O) groups is 1. The summed E-state index contributed by atoms with van der Waals surface area (Å²) in [7, 11) is -2.31. The van der Waals surface area contributed by atoms with E-state index in [1.807, 2.05) is 0 Å². The van der Waals surface area contributed by atoms with Gasteiger partial charge in [-0.25, -0.2) is 12.8 Å². The van der Waals surface area contributed by atoms with Gasteiger partial charge in [-0.15, -0.1) is 0 Å². The summed E-state index contributed by atoms with van der Waals surface area (Å²) in [6.07, 6.45) is 0.210. The Morgan fingerprint density at radius 3 is 2.68 bits per heavy atom. The van der Waals surface area contributed by atoms with Crippen LogP contribution in [-0.2, 0) is 19.6 Å². The highest BCUT2D eigenvalue weighted by Gasteiger charge is 2.13. The Kier molecular flexibility index (Phi) is 5.29. The van der Waals surface area contributed by atoms with E-state index in [0.29, 0.717) is 11.3 Å². The van der Waals surface area contributed by atoms with Crippen molar-refractivity contribution in [3.63, 3.8) is 0 Å². The molecule has 106 valence electrons. The average Bonchev–Trinajstić information content (AvgIpc) is 2.32. The van der Waals surface area contributed by atoms with E-state index in [9.17, 15) is 17.6 Å². The topological polar surface area (TPSA) is 72.5 Å². The van der Waals surface area contributed by atoms with Crippen molar-refractivity contribution in [2.45, 2.75) is 19.8 Å². The Labute approximate surface area is 111 Å². The van der Waals surface area contributed by atoms with Crippen LogP contribution in [0.3, 0.4) is 0 Å². The molecule has 0 heterocycles. The highest BCUT2D eigenvalue weighted by Crippen LogP contribution is 2.17. The molecule has 0 aliphatic carbocycles. The van der Waals surface area contributed by atoms with E-state index in [-0.39, 0.29) is 18.6 Å². The summed E-state index contributed by atoms with van der Waals surface area (Å²) in [5, 5.41) is 0. The predicted molar refractivity (Wildman–Crippen MR) is 69.8 cm³/mol. The number of benzene rings is 1. The minimum absolute atomic E-state index is 0.0415. The molecule has 0 atom stereocenters. The molecule has 1 aromatic rings. The Balaban J connectivity index is 2.61. The van der Waals surface area contributed by atoms with Crippen LogP contribution in [-0.4, -0.2) is 27.2 Å². The second kappa shape index (κ2) is 6.51. The van der Waals surface area contributed by atoms with E-state index >= 15 is 0 Å². The number of sulfonamides is 1. The van der Waals surface area contributed by atoms with Crippen molar-refractivity contribution in [1.82, 2.24) is 0 Å². The molecule has 0 aromatic heterocycles. The first-order valence-corrected chi connectivity index (χ1v) is 7.33. The summed E-state index contributed by atoms with van der Waals surface area (Å²) in [5.74, 6) is -1.07. The molecular weight excluding hydrogens is 273 g/mol. The second-order valence-corrected chi connectivity index (χ2v) is 5.90. The lowest BCUT2D eigenvalue weighted by atomic mass is 10.2. The van der Waals surface area contributed by atoms with Crippen LogP contribution in [0.4, 0.5) is 10.1 Å². The Morgan fingerprint density at radius 2 is 2.11 bits per heavy atom. The highest BCUT2D eigenvalue weighted by atomic mass is 32.2. The molecule has 0 spiro atoms. The van der Waals surface area contributed by atoms with E-state index in [2.05, 4.69) is 9.46 Å². The maximum atomic E-state index is 12.9. The number of anilines is 1. The van der Waals surface area contributed by atoms with Crippen LogP contribution in [0.1, 0.15) is 18.4 Å². The number of ether oxygens (including phenoxy) is 1. The molecule has 0 bridgehead atoms. The lowest BCUT2D eigenvalue weighted by molar-refractivity contribution is -0.140. The zero-order valence-corrected chi connectivity index (χ0v) is 11.6. The van der Waals surface area contributed by atoms with Crippen molar-refractivity contribution in [2.24, 2.45) is 0 Å². The van der Waals surface area contributed by atoms with Gasteiger partial charge >= 0.3 is 5.97 Å². The van der Waals surface area contributed by atoms with Gasteiger partial charge in [0.2, 0.25) is 10.0 Å². The molecule has 1 N–H and O–H groups in total. The summed E-state index contributed by atoms with van der Waals surface area (Å²) < 4.78 is 43.2. The smallest absolute Gasteiger partial charge is 0.305 e. The van der Waals surface area contributed by atoms with Gasteiger partial charge in [0.1, 0.15) is 5.82 Å². The van der Waals surface area contributed by atoms with E-state index in [4.69, 9.17) is 0 Å². The van der Waals surface area contributed by atoms with Crippen molar-refractivity contribution in [3.05, 3.63) is 29.6 Å². The summed E-state index contributed by atoms with van der Waals surface area (Å²) in [6.45, 7) is 1.61. The lowest BCUT2D eigenvalue weighted by Gasteiger charge is -2.10. The molecule has 19 heavy (non-hydrogen) atoms. The number of hydrogen-bond acceptors (Lipinski definition) is 4. The molecule has 5 nitrogen and oxygen atoms in total. The third-order valence-electron chi connectivity index (χ3n) is 2.48. The average molecular weight is 289 g/mol. The standard InChI is InChI=1S/C12H16FNO4S/c1-9-8-10(13)5-6-11(9)14-19(16,17)7-3-4-12(15)18-2/h5-6,8,14H,3-4,7H2,1-2H3. The lowest BCUT2D eigenvalue weighted by Crippen LogP contribution is -2.18. The van der Waals surface area contributed by atoms with Gasteiger partial charge in [0.05, 0.1) is 18.6 Å². The van der Waals surface area contributed by atoms with Crippen LogP contribution in [0, 0.1) is 12.7 Å². The fourth-order valence-corrected chi connectivity index (χ4v) is 2.66. The molecule has 0 aliphatic rings. The number of esters is 1. The molecule has 0 aliphatic heterocycles. The Morgan fingerprint density at radius 1 is 1.42 bits per heavy atom. The van der Waals surface area contributed by atoms with Gasteiger partial charge in [-0.1, -0.05) is 0 Å². The summed E-state index contributed by atoms with van der Waals surface area (Å²) >= 11 is 0. The van der Waals surface area contributed by atoms with Gasteiger partial charge < -0.3 is 4.74 Å². The molecule has 1 aromatic carbocycles. The first-order chi connectivity index (χ1) is 8.84. The summed E-state index contributed by atoms with van der Waals surface area (Å²) in [4.78, 5) is 10.9. The number of hydrogen-bond donors (Lipinski definition) is 1. The van der Waals surface area contributed by atoms with E-state index in [1.54, 1.807) is 6.92 Å². The summed E-state index contributed by atoms with van der Waals surface area (Å²) in [5.41, 5.74) is 0.830. The first-order valence-electron chi connectivity index (χ1n) is 5.67. The van der Waals surface area contributed by atoms with Gasteiger partial charge in [0.15, 0.2) is 0 Å². The third-order valence-corrected chi connectivity index (χ3v) is 3.83. The third kappa shape index (κ3) is 5.25. The van der Waals surface area contributed by atoms with Gasteiger partial charge in [-0.3, -0.25) is 9.52 Å². The number of carbonyl (C=O) groups excluding carboxylic acids is 1. The van der Waals surface area contributed by atoms with Crippen molar-refractivity contribution in [1.29, 1.82) is 0 Å². The SMILES string of the molecule is COC(=O)CCCS(=O)(=O)Nc1ccc(F)cc1C. The monoisotopic (exact) mass is 289 g/mol. The number of rotatable bonds is 6. The fraction of sp³-hybridized carbons (Fsp3) is 0.417. The van der Waals surface area contributed by atoms with E-state index < -0.39 is 21.8 Å². The van der Waals surface area contributed by atoms with Gasteiger partial charge in [0.25, 0.3) is 0 Å². The van der Waals surface area contributed by atoms with Crippen LogP contribution in [0.15, 0.2) is 18.2 Å². The van der Waals surface area contributed by atoms with Gasteiger partial charge in [-0.2, -0.15) is 0 Å². The largest absolute Gasteiger partial charge is 0.469 e. The predicted octanol–water partition coefficient (Wildman–Crippen LogP) is 1.83. The van der Waals surface area contributed by atoms with Crippen LogP contribution < -0.4 is 4.72 Å². The van der Waals surface area contributed by atoms with Crippen LogP contribution in [0.5, 0.6) is 0 Å². The molecule has 0 unspecified atom stereocenters. The minimum atomic E-state index is -3.55. The molecular formula is C12H16FNO4S. The molecule has 0 saturated heterocycles. The van der Waals surface area contributed by atoms with Crippen molar-refractivity contribution < 1.29 is 22.3 Å². The second-order valence-electron chi connectivity index (χ2n) is 4.06. The number of aryl methyl sites for hydroxylation is 1.